The van der Waals surface area contributed by atoms with Crippen LogP contribution in [0.4, 0.5) is 5.69 Å². The summed E-state index contributed by atoms with van der Waals surface area (Å²) < 4.78 is 5.48. The maximum Gasteiger partial charge on any atom is 0.233 e. The van der Waals surface area contributed by atoms with E-state index in [1.807, 2.05) is 26.0 Å². The number of anilines is 1. The van der Waals surface area contributed by atoms with E-state index in [1.54, 1.807) is 23.5 Å². The first-order valence-corrected chi connectivity index (χ1v) is 10.2. The highest BCUT2D eigenvalue weighted by Gasteiger charge is 2.20. The van der Waals surface area contributed by atoms with Crippen molar-refractivity contribution in [2.45, 2.75) is 52.0 Å². The number of carbonyl (C=O) groups is 2. The van der Waals surface area contributed by atoms with Gasteiger partial charge >= 0.3 is 0 Å². The Morgan fingerprint density at radius 3 is 2.78 bits per heavy atom. The lowest BCUT2D eigenvalue weighted by Gasteiger charge is -2.13. The molecule has 1 aliphatic rings. The van der Waals surface area contributed by atoms with E-state index in [1.165, 1.54) is 23.4 Å². The Labute approximate surface area is 163 Å². The zero-order valence-corrected chi connectivity index (χ0v) is 16.5. The molecular weight excluding hydrogens is 362 g/mol. The maximum atomic E-state index is 12.3. The molecule has 0 spiro atoms. The Kier molecular flexibility index (Phi) is 6.45. The zero-order chi connectivity index (χ0) is 19.2. The fourth-order valence-corrected chi connectivity index (χ4v) is 4.26. The number of thiazole rings is 1. The molecule has 1 aromatic heterocycles. The molecule has 2 amide bonds. The van der Waals surface area contributed by atoms with Crippen LogP contribution in [0.15, 0.2) is 24.3 Å². The molecule has 0 saturated heterocycles. The summed E-state index contributed by atoms with van der Waals surface area (Å²) in [7, 11) is 0. The number of hydrogen-bond donors (Lipinski definition) is 2. The van der Waals surface area contributed by atoms with Crippen molar-refractivity contribution in [2.24, 2.45) is 0 Å². The quantitative estimate of drug-likeness (QED) is 0.711. The number of benzene rings is 1. The molecule has 6 nitrogen and oxygen atoms in total. The molecule has 0 bridgehead atoms. The van der Waals surface area contributed by atoms with Crippen LogP contribution in [-0.2, 0) is 22.4 Å². The van der Waals surface area contributed by atoms with Gasteiger partial charge in [0.15, 0.2) is 0 Å². The van der Waals surface area contributed by atoms with Crippen LogP contribution in [0.25, 0.3) is 0 Å². The number of aromatic nitrogens is 1. The van der Waals surface area contributed by atoms with Crippen LogP contribution in [-0.4, -0.2) is 23.4 Å². The average molecular weight is 388 g/mol. The van der Waals surface area contributed by atoms with Crippen LogP contribution in [0.2, 0.25) is 0 Å². The van der Waals surface area contributed by atoms with Gasteiger partial charge in [0.1, 0.15) is 17.2 Å². The van der Waals surface area contributed by atoms with Crippen molar-refractivity contribution in [1.29, 1.82) is 0 Å². The van der Waals surface area contributed by atoms with Crippen molar-refractivity contribution in [1.82, 2.24) is 10.3 Å². The van der Waals surface area contributed by atoms with Gasteiger partial charge < -0.3 is 15.4 Å². The molecule has 3 rings (SSSR count). The number of hydrogen-bond acceptors (Lipinski definition) is 5. The number of ether oxygens (including phenoxy) is 1. The lowest BCUT2D eigenvalue weighted by atomic mass is 10.0. The van der Waals surface area contributed by atoms with Gasteiger partial charge in [-0.2, -0.15) is 0 Å². The van der Waals surface area contributed by atoms with Crippen molar-refractivity contribution in [3.8, 4) is 5.75 Å². The van der Waals surface area contributed by atoms with Crippen molar-refractivity contribution in [2.75, 3.05) is 11.9 Å². The van der Waals surface area contributed by atoms with Gasteiger partial charge in [0.2, 0.25) is 11.8 Å². The van der Waals surface area contributed by atoms with Gasteiger partial charge in [0.05, 0.1) is 24.0 Å². The van der Waals surface area contributed by atoms with E-state index in [9.17, 15) is 9.59 Å². The molecule has 1 aromatic carbocycles. The third-order valence-corrected chi connectivity index (χ3v) is 5.73. The summed E-state index contributed by atoms with van der Waals surface area (Å²) in [5, 5.41) is 6.53. The van der Waals surface area contributed by atoms with E-state index < -0.39 is 0 Å². The maximum absolute atomic E-state index is 12.3. The Morgan fingerprint density at radius 2 is 2.00 bits per heavy atom. The predicted octanol–water partition coefficient (Wildman–Crippen LogP) is 3.63. The van der Waals surface area contributed by atoms with E-state index in [4.69, 9.17) is 4.74 Å². The van der Waals surface area contributed by atoms with Crippen LogP contribution in [0.5, 0.6) is 5.75 Å². The number of amides is 2. The standard InChI is InChI=1S/C20H25N3O3S/c1-3-26-16-10-6-4-8-14(16)22-19(25)12-18(24)21-13(2)20-23-15-9-5-7-11-17(15)27-20/h4,6,8,10,13H,3,5,7,9,11-12H2,1-2H3,(H,21,24)(H,22,25)/t13-/m1/s1. The number of aryl methyl sites for hydroxylation is 2. The van der Waals surface area contributed by atoms with Crippen molar-refractivity contribution >= 4 is 28.8 Å². The summed E-state index contributed by atoms with van der Waals surface area (Å²) >= 11 is 1.67. The molecule has 0 aliphatic heterocycles. The Bertz CT molecular complexity index is 795. The molecule has 7 heteroatoms. The highest BCUT2D eigenvalue weighted by Crippen LogP contribution is 2.29. The molecule has 2 aromatic rings. The molecule has 2 N–H and O–H groups in total. The second kappa shape index (κ2) is 8.99. The highest BCUT2D eigenvalue weighted by molar-refractivity contribution is 7.11. The summed E-state index contributed by atoms with van der Waals surface area (Å²) in [5.74, 6) is -0.0946. The molecule has 144 valence electrons. The molecule has 0 fully saturated rings. The molecule has 27 heavy (non-hydrogen) atoms. The fourth-order valence-electron chi connectivity index (χ4n) is 3.10. The van der Waals surface area contributed by atoms with Crippen LogP contribution in [0.3, 0.4) is 0 Å². The molecule has 0 unspecified atom stereocenters. The van der Waals surface area contributed by atoms with Gasteiger partial charge in [-0.1, -0.05) is 12.1 Å². The first-order chi connectivity index (χ1) is 13.1. The van der Waals surface area contributed by atoms with E-state index in [2.05, 4.69) is 15.6 Å². The van der Waals surface area contributed by atoms with Crippen LogP contribution in [0.1, 0.15) is 54.7 Å². The molecule has 0 saturated carbocycles. The lowest BCUT2D eigenvalue weighted by Crippen LogP contribution is -2.30. The van der Waals surface area contributed by atoms with Gasteiger partial charge in [-0.3, -0.25) is 9.59 Å². The number of carbonyl (C=O) groups excluding carboxylic acids is 2. The van der Waals surface area contributed by atoms with Gasteiger partial charge in [0.25, 0.3) is 0 Å². The number of rotatable bonds is 7. The van der Waals surface area contributed by atoms with E-state index in [0.29, 0.717) is 18.0 Å². The number of para-hydroxylation sites is 2. The average Bonchev–Trinajstić information content (AvgIpc) is 3.07. The largest absolute Gasteiger partial charge is 0.492 e. The number of nitrogens with zero attached hydrogens (tertiary/aromatic N) is 1. The zero-order valence-electron chi connectivity index (χ0n) is 15.7. The normalized spacial score (nSPS) is 14.1. The SMILES string of the molecule is CCOc1ccccc1NC(=O)CC(=O)N[C@H](C)c1nc2c(s1)CCCC2. The van der Waals surface area contributed by atoms with Crippen LogP contribution >= 0.6 is 11.3 Å². The Hall–Kier alpha value is -2.41. The van der Waals surface area contributed by atoms with E-state index in [-0.39, 0.29) is 24.3 Å². The van der Waals surface area contributed by atoms with Crippen molar-refractivity contribution < 1.29 is 14.3 Å². The van der Waals surface area contributed by atoms with Crippen molar-refractivity contribution in [3.05, 3.63) is 39.8 Å². The molecule has 1 aliphatic carbocycles. The first-order valence-electron chi connectivity index (χ1n) is 9.36. The number of nitrogens with one attached hydrogen (secondary N) is 2. The monoisotopic (exact) mass is 387 g/mol. The lowest BCUT2D eigenvalue weighted by molar-refractivity contribution is -0.127. The summed E-state index contributed by atoms with van der Waals surface area (Å²) in [6.45, 7) is 4.29. The smallest absolute Gasteiger partial charge is 0.233 e. The fraction of sp³-hybridized carbons (Fsp3) is 0.450. The van der Waals surface area contributed by atoms with Gasteiger partial charge in [-0.15, -0.1) is 11.3 Å². The minimum Gasteiger partial charge on any atom is -0.492 e. The first kappa shape index (κ1) is 19.4. The molecular formula is C20H25N3O3S. The molecule has 1 heterocycles. The third kappa shape index (κ3) is 5.07. The second-order valence-corrected chi connectivity index (χ2v) is 7.69. The van der Waals surface area contributed by atoms with Crippen LogP contribution in [0, 0.1) is 0 Å². The summed E-state index contributed by atoms with van der Waals surface area (Å²) in [5.41, 5.74) is 1.74. The van der Waals surface area contributed by atoms with Crippen molar-refractivity contribution in [3.63, 3.8) is 0 Å². The second-order valence-electron chi connectivity index (χ2n) is 6.57. The topological polar surface area (TPSA) is 80.3 Å². The number of fused-ring (bicyclic) bond motifs is 1. The summed E-state index contributed by atoms with van der Waals surface area (Å²) in [4.78, 5) is 30.5. The summed E-state index contributed by atoms with van der Waals surface area (Å²) in [6.07, 6.45) is 4.25. The highest BCUT2D eigenvalue weighted by atomic mass is 32.1. The van der Waals surface area contributed by atoms with Gasteiger partial charge in [0, 0.05) is 4.88 Å². The third-order valence-electron chi connectivity index (χ3n) is 4.39. The molecule has 0 radical (unpaired) electrons. The van der Waals surface area contributed by atoms with Gasteiger partial charge in [-0.05, 0) is 51.7 Å². The van der Waals surface area contributed by atoms with E-state index in [0.717, 1.165) is 17.8 Å². The Balaban J connectivity index is 1.54. The summed E-state index contributed by atoms with van der Waals surface area (Å²) in [6, 6.07) is 6.99. The predicted molar refractivity (Wildman–Crippen MR) is 106 cm³/mol. The molecule has 1 atom stereocenters. The Morgan fingerprint density at radius 1 is 1.22 bits per heavy atom. The van der Waals surface area contributed by atoms with E-state index >= 15 is 0 Å². The minimum absolute atomic E-state index is 0.198. The van der Waals surface area contributed by atoms with Gasteiger partial charge in [-0.25, -0.2) is 4.98 Å². The minimum atomic E-state index is -0.370. The van der Waals surface area contributed by atoms with Crippen LogP contribution < -0.4 is 15.4 Å².